The largest absolute Gasteiger partial charge is 0.318 e. The average Bonchev–Trinajstić information content (AvgIpc) is 2.79. The van der Waals surface area contributed by atoms with Crippen LogP contribution in [0.15, 0.2) is 24.3 Å². The lowest BCUT2D eigenvalue weighted by Crippen LogP contribution is -2.26. The summed E-state index contributed by atoms with van der Waals surface area (Å²) in [4.78, 5) is 12.3. The van der Waals surface area contributed by atoms with Crippen LogP contribution in [0.3, 0.4) is 0 Å². The molecule has 1 aliphatic heterocycles. The Balaban J connectivity index is 1.90. The zero-order valence-electron chi connectivity index (χ0n) is 11.1. The number of nitrogens with one attached hydrogen (secondary N) is 2. The number of hydrogen-bond acceptors (Lipinski definition) is 3. The second-order valence-electron chi connectivity index (χ2n) is 4.76. The Hall–Kier alpha value is -2.21. The highest BCUT2D eigenvalue weighted by Crippen LogP contribution is 2.20. The third kappa shape index (κ3) is 2.18. The van der Waals surface area contributed by atoms with E-state index < -0.39 is 5.82 Å². The van der Waals surface area contributed by atoms with Crippen molar-refractivity contribution in [3.05, 3.63) is 47.0 Å². The quantitative estimate of drug-likeness (QED) is 0.871. The maximum Gasteiger partial charge on any atom is 0.276 e. The summed E-state index contributed by atoms with van der Waals surface area (Å²) in [5.74, 6) is -0.834. The average molecular weight is 274 g/mol. The molecule has 1 aromatic carbocycles. The number of nitrogens with zero attached hydrogens (tertiary/aromatic N) is 2. The van der Waals surface area contributed by atoms with E-state index in [1.54, 1.807) is 16.8 Å². The lowest BCUT2D eigenvalue weighted by molar-refractivity contribution is 0.102. The van der Waals surface area contributed by atoms with Crippen LogP contribution in [0.2, 0.25) is 0 Å². The van der Waals surface area contributed by atoms with Gasteiger partial charge in [0.1, 0.15) is 5.82 Å². The Morgan fingerprint density at radius 1 is 1.45 bits per heavy atom. The van der Waals surface area contributed by atoms with Crippen molar-refractivity contribution in [3.63, 3.8) is 0 Å². The number of rotatable bonds is 2. The SMILES string of the molecule is Cn1nc(C(=O)Nc2ccccc2F)c2c1CCNC2. The van der Waals surface area contributed by atoms with Crippen LogP contribution in [0.4, 0.5) is 10.1 Å². The smallest absolute Gasteiger partial charge is 0.276 e. The summed E-state index contributed by atoms with van der Waals surface area (Å²) >= 11 is 0. The molecule has 0 unspecified atom stereocenters. The lowest BCUT2D eigenvalue weighted by atomic mass is 10.1. The Morgan fingerprint density at radius 3 is 3.05 bits per heavy atom. The molecule has 0 aliphatic carbocycles. The van der Waals surface area contributed by atoms with Gasteiger partial charge in [0, 0.05) is 37.8 Å². The Kier molecular flexibility index (Phi) is 3.23. The number of aryl methyl sites for hydroxylation is 1. The zero-order chi connectivity index (χ0) is 14.1. The molecular weight excluding hydrogens is 259 g/mol. The van der Waals surface area contributed by atoms with Crippen molar-refractivity contribution >= 4 is 11.6 Å². The van der Waals surface area contributed by atoms with E-state index in [0.29, 0.717) is 12.2 Å². The van der Waals surface area contributed by atoms with E-state index in [1.165, 1.54) is 12.1 Å². The van der Waals surface area contributed by atoms with Crippen LogP contribution in [0.25, 0.3) is 0 Å². The second kappa shape index (κ2) is 5.05. The lowest BCUT2D eigenvalue weighted by Gasteiger charge is -2.14. The fourth-order valence-corrected chi connectivity index (χ4v) is 2.45. The summed E-state index contributed by atoms with van der Waals surface area (Å²) in [6, 6.07) is 6.09. The Morgan fingerprint density at radius 2 is 2.25 bits per heavy atom. The van der Waals surface area contributed by atoms with Crippen molar-refractivity contribution in [2.75, 3.05) is 11.9 Å². The third-order valence-electron chi connectivity index (χ3n) is 3.45. The molecule has 1 aliphatic rings. The number of aromatic nitrogens is 2. The van der Waals surface area contributed by atoms with Gasteiger partial charge in [-0.3, -0.25) is 9.48 Å². The minimum Gasteiger partial charge on any atom is -0.318 e. The van der Waals surface area contributed by atoms with Crippen LogP contribution < -0.4 is 10.6 Å². The third-order valence-corrected chi connectivity index (χ3v) is 3.45. The molecular formula is C14H15FN4O. The normalized spacial score (nSPS) is 13.9. The molecule has 0 fully saturated rings. The number of hydrogen-bond donors (Lipinski definition) is 2. The molecule has 6 heteroatoms. The number of anilines is 1. The molecule has 104 valence electrons. The first-order chi connectivity index (χ1) is 9.66. The summed E-state index contributed by atoms with van der Waals surface area (Å²) in [5, 5.41) is 10.0. The van der Waals surface area contributed by atoms with E-state index in [2.05, 4.69) is 15.7 Å². The van der Waals surface area contributed by atoms with E-state index in [1.807, 2.05) is 7.05 Å². The first-order valence-electron chi connectivity index (χ1n) is 6.48. The second-order valence-corrected chi connectivity index (χ2v) is 4.76. The predicted molar refractivity (Wildman–Crippen MR) is 73.0 cm³/mol. The molecule has 0 radical (unpaired) electrons. The van der Waals surface area contributed by atoms with Crippen LogP contribution in [0.5, 0.6) is 0 Å². The van der Waals surface area contributed by atoms with Crippen molar-refractivity contribution in [1.29, 1.82) is 0 Å². The number of carbonyl (C=O) groups is 1. The minimum absolute atomic E-state index is 0.167. The van der Waals surface area contributed by atoms with Crippen molar-refractivity contribution in [3.8, 4) is 0 Å². The highest BCUT2D eigenvalue weighted by molar-refractivity contribution is 6.04. The van der Waals surface area contributed by atoms with E-state index in [-0.39, 0.29) is 11.6 Å². The topological polar surface area (TPSA) is 59.0 Å². The highest BCUT2D eigenvalue weighted by Gasteiger charge is 2.23. The molecule has 2 aromatic rings. The van der Waals surface area contributed by atoms with Crippen molar-refractivity contribution in [2.45, 2.75) is 13.0 Å². The Labute approximate surface area is 115 Å². The molecule has 0 bridgehead atoms. The number of benzene rings is 1. The van der Waals surface area contributed by atoms with E-state index in [0.717, 1.165) is 24.2 Å². The molecule has 20 heavy (non-hydrogen) atoms. The molecule has 3 rings (SSSR count). The van der Waals surface area contributed by atoms with Crippen molar-refractivity contribution in [2.24, 2.45) is 7.05 Å². The summed E-state index contributed by atoms with van der Waals surface area (Å²) in [6.07, 6.45) is 0.839. The van der Waals surface area contributed by atoms with Gasteiger partial charge >= 0.3 is 0 Å². The summed E-state index contributed by atoms with van der Waals surface area (Å²) in [7, 11) is 1.82. The van der Waals surface area contributed by atoms with Gasteiger partial charge < -0.3 is 10.6 Å². The number of carbonyl (C=O) groups excluding carboxylic acids is 1. The van der Waals surface area contributed by atoms with E-state index in [4.69, 9.17) is 0 Å². The molecule has 5 nitrogen and oxygen atoms in total. The standard InChI is InChI=1S/C14H15FN4O/c1-19-12-6-7-16-8-9(12)13(18-19)14(20)17-11-5-3-2-4-10(11)15/h2-5,16H,6-8H2,1H3,(H,17,20). The molecule has 2 heterocycles. The molecule has 0 saturated heterocycles. The molecule has 1 amide bonds. The van der Waals surface area contributed by atoms with Crippen LogP contribution in [-0.4, -0.2) is 22.2 Å². The van der Waals surface area contributed by atoms with Crippen LogP contribution in [0.1, 0.15) is 21.7 Å². The maximum absolute atomic E-state index is 13.6. The molecule has 0 spiro atoms. The van der Waals surface area contributed by atoms with Gasteiger partial charge in [0.15, 0.2) is 5.69 Å². The monoisotopic (exact) mass is 274 g/mol. The van der Waals surface area contributed by atoms with Gasteiger partial charge in [-0.25, -0.2) is 4.39 Å². The van der Waals surface area contributed by atoms with Gasteiger partial charge in [-0.15, -0.1) is 0 Å². The molecule has 0 saturated carbocycles. The van der Waals surface area contributed by atoms with Crippen LogP contribution in [-0.2, 0) is 20.0 Å². The van der Waals surface area contributed by atoms with Gasteiger partial charge in [0.25, 0.3) is 5.91 Å². The van der Waals surface area contributed by atoms with Crippen molar-refractivity contribution < 1.29 is 9.18 Å². The summed E-state index contributed by atoms with van der Waals surface area (Å²) in [6.45, 7) is 1.49. The van der Waals surface area contributed by atoms with Gasteiger partial charge in [-0.1, -0.05) is 12.1 Å². The maximum atomic E-state index is 13.6. The molecule has 0 atom stereocenters. The predicted octanol–water partition coefficient (Wildman–Crippen LogP) is 1.46. The fraction of sp³-hybridized carbons (Fsp3) is 0.286. The minimum atomic E-state index is -0.455. The number of halogens is 1. The first-order valence-corrected chi connectivity index (χ1v) is 6.48. The molecule has 1 aromatic heterocycles. The molecule has 2 N–H and O–H groups in total. The van der Waals surface area contributed by atoms with Gasteiger partial charge in [0.05, 0.1) is 5.69 Å². The first kappa shape index (κ1) is 12.8. The van der Waals surface area contributed by atoms with Gasteiger partial charge in [-0.2, -0.15) is 5.10 Å². The van der Waals surface area contributed by atoms with Crippen LogP contribution in [0, 0.1) is 5.82 Å². The zero-order valence-corrected chi connectivity index (χ0v) is 11.1. The number of amides is 1. The van der Waals surface area contributed by atoms with Gasteiger partial charge in [-0.05, 0) is 12.1 Å². The van der Waals surface area contributed by atoms with E-state index >= 15 is 0 Å². The van der Waals surface area contributed by atoms with E-state index in [9.17, 15) is 9.18 Å². The Bertz CT molecular complexity index is 665. The van der Waals surface area contributed by atoms with Crippen LogP contribution >= 0.6 is 0 Å². The summed E-state index contributed by atoms with van der Waals surface area (Å²) < 4.78 is 15.3. The summed E-state index contributed by atoms with van der Waals surface area (Å²) in [5.41, 5.74) is 2.48. The number of fused-ring (bicyclic) bond motifs is 1. The highest BCUT2D eigenvalue weighted by atomic mass is 19.1. The van der Waals surface area contributed by atoms with Gasteiger partial charge in [0.2, 0.25) is 0 Å². The fourth-order valence-electron chi connectivity index (χ4n) is 2.45. The van der Waals surface area contributed by atoms with Crippen molar-refractivity contribution in [1.82, 2.24) is 15.1 Å². The number of para-hydroxylation sites is 1.